The number of carbonyl (C=O) groups excluding carboxylic acids is 1. The highest BCUT2D eigenvalue weighted by molar-refractivity contribution is 6.06. The number of aromatic nitrogens is 4. The molecule has 0 unspecified atom stereocenters. The second kappa shape index (κ2) is 7.89. The monoisotopic (exact) mass is 429 g/mol. The third-order valence-corrected chi connectivity index (χ3v) is 5.95. The van der Waals surface area contributed by atoms with Gasteiger partial charge in [0.15, 0.2) is 5.65 Å². The molecule has 0 aromatic carbocycles. The van der Waals surface area contributed by atoms with Crippen LogP contribution in [-0.2, 0) is 6.54 Å². The van der Waals surface area contributed by atoms with Crippen LogP contribution in [-0.4, -0.2) is 36.6 Å². The molecule has 1 saturated carbocycles. The predicted octanol–water partition coefficient (Wildman–Crippen LogP) is 5.09. The van der Waals surface area contributed by atoms with Crippen LogP contribution in [0.3, 0.4) is 0 Å². The van der Waals surface area contributed by atoms with Gasteiger partial charge in [0, 0.05) is 36.6 Å². The van der Waals surface area contributed by atoms with Crippen molar-refractivity contribution in [3.05, 3.63) is 65.5 Å². The van der Waals surface area contributed by atoms with Gasteiger partial charge in [-0.1, -0.05) is 0 Å². The molecule has 1 aliphatic rings. The molecule has 0 aliphatic heterocycles. The lowest BCUT2D eigenvalue weighted by Gasteiger charge is -2.23. The van der Waals surface area contributed by atoms with E-state index in [0.29, 0.717) is 12.1 Å². The zero-order chi connectivity index (χ0) is 22.4. The topological polar surface area (TPSA) is 77.1 Å². The lowest BCUT2D eigenvalue weighted by Crippen LogP contribution is -2.32. The first kappa shape index (κ1) is 20.4. The summed E-state index contributed by atoms with van der Waals surface area (Å²) < 4.78 is 7.63. The summed E-state index contributed by atoms with van der Waals surface area (Å²) in [6, 6.07) is 8.19. The Kier molecular flexibility index (Phi) is 5.04. The summed E-state index contributed by atoms with van der Waals surface area (Å²) in [5.74, 6) is 1.63. The molecule has 0 saturated heterocycles. The maximum atomic E-state index is 13.9. The summed E-state index contributed by atoms with van der Waals surface area (Å²) in [4.78, 5) is 24.9. The van der Waals surface area contributed by atoms with Gasteiger partial charge in [0.05, 0.1) is 22.8 Å². The Morgan fingerprint density at radius 1 is 1.22 bits per heavy atom. The van der Waals surface area contributed by atoms with Crippen LogP contribution < -0.4 is 0 Å². The highest BCUT2D eigenvalue weighted by Crippen LogP contribution is 2.34. The van der Waals surface area contributed by atoms with Crippen LogP contribution >= 0.6 is 0 Å². The van der Waals surface area contributed by atoms with Crippen molar-refractivity contribution in [2.24, 2.45) is 0 Å². The number of hydrogen-bond donors (Lipinski definition) is 0. The first-order valence-electron chi connectivity index (χ1n) is 11.1. The zero-order valence-corrected chi connectivity index (χ0v) is 18.9. The van der Waals surface area contributed by atoms with Gasteiger partial charge in [-0.3, -0.25) is 9.78 Å². The average molecular weight is 430 g/mol. The third kappa shape index (κ3) is 3.68. The van der Waals surface area contributed by atoms with Crippen LogP contribution in [0.2, 0.25) is 0 Å². The van der Waals surface area contributed by atoms with E-state index in [1.54, 1.807) is 18.6 Å². The molecule has 164 valence electrons. The molecule has 4 heterocycles. The second-order valence-electron chi connectivity index (χ2n) is 8.82. The Labute approximate surface area is 187 Å². The van der Waals surface area contributed by atoms with Gasteiger partial charge < -0.3 is 9.32 Å². The Hall–Kier alpha value is -3.48. The summed E-state index contributed by atoms with van der Waals surface area (Å²) in [5.41, 5.74) is 4.07. The smallest absolute Gasteiger partial charge is 0.255 e. The van der Waals surface area contributed by atoms with Crippen molar-refractivity contribution in [2.75, 3.05) is 0 Å². The molecular formula is C25H27N5O2. The van der Waals surface area contributed by atoms with Crippen LogP contribution in [0, 0.1) is 13.8 Å². The maximum absolute atomic E-state index is 13.9. The number of fused-ring (bicyclic) bond motifs is 1. The molecule has 4 aromatic heterocycles. The first-order chi connectivity index (χ1) is 15.4. The Balaban J connectivity index is 1.64. The van der Waals surface area contributed by atoms with Crippen LogP contribution in [0.25, 0.3) is 22.3 Å². The summed E-state index contributed by atoms with van der Waals surface area (Å²) in [6.07, 6.45) is 7.37. The molecule has 5 rings (SSSR count). The van der Waals surface area contributed by atoms with Gasteiger partial charge >= 0.3 is 0 Å². The quantitative estimate of drug-likeness (QED) is 0.427. The number of nitrogens with zero attached hydrogens (tertiary/aromatic N) is 5. The van der Waals surface area contributed by atoms with E-state index in [1.807, 2.05) is 47.7 Å². The number of hydrogen-bond acceptors (Lipinski definition) is 5. The molecule has 7 nitrogen and oxygen atoms in total. The number of aryl methyl sites for hydroxylation is 2. The van der Waals surface area contributed by atoms with Gasteiger partial charge in [-0.2, -0.15) is 5.10 Å². The average Bonchev–Trinajstić information content (AvgIpc) is 3.43. The molecule has 32 heavy (non-hydrogen) atoms. The normalized spacial score (nSPS) is 13.8. The van der Waals surface area contributed by atoms with E-state index >= 15 is 0 Å². The van der Waals surface area contributed by atoms with E-state index in [1.165, 1.54) is 0 Å². The van der Waals surface area contributed by atoms with Crippen molar-refractivity contribution in [2.45, 2.75) is 59.2 Å². The van der Waals surface area contributed by atoms with Crippen LogP contribution in [0.15, 0.2) is 47.3 Å². The van der Waals surface area contributed by atoms with E-state index in [9.17, 15) is 4.79 Å². The fourth-order valence-corrected chi connectivity index (χ4v) is 4.19. The van der Waals surface area contributed by atoms with Crippen molar-refractivity contribution in [3.8, 4) is 11.3 Å². The maximum Gasteiger partial charge on any atom is 0.255 e. The summed E-state index contributed by atoms with van der Waals surface area (Å²) in [5, 5.41) is 5.34. The summed E-state index contributed by atoms with van der Waals surface area (Å²) in [6.45, 7) is 8.54. The number of rotatable bonds is 6. The number of carbonyl (C=O) groups is 1. The minimum atomic E-state index is 0.0131. The number of furan rings is 1. The van der Waals surface area contributed by atoms with E-state index in [-0.39, 0.29) is 18.0 Å². The Bertz CT molecular complexity index is 1280. The highest BCUT2D eigenvalue weighted by Gasteiger charge is 2.34. The van der Waals surface area contributed by atoms with Gasteiger partial charge in [-0.05, 0) is 70.4 Å². The minimum absolute atomic E-state index is 0.0131. The van der Waals surface area contributed by atoms with Gasteiger partial charge in [-0.25, -0.2) is 9.67 Å². The van der Waals surface area contributed by atoms with Crippen molar-refractivity contribution in [3.63, 3.8) is 0 Å². The van der Waals surface area contributed by atoms with E-state index in [0.717, 1.165) is 52.2 Å². The Morgan fingerprint density at radius 2 is 1.97 bits per heavy atom. The van der Waals surface area contributed by atoms with Crippen LogP contribution in [0.4, 0.5) is 0 Å². The van der Waals surface area contributed by atoms with Crippen molar-refractivity contribution in [1.82, 2.24) is 24.6 Å². The van der Waals surface area contributed by atoms with E-state index in [2.05, 4.69) is 23.9 Å². The fraction of sp³-hybridized carbons (Fsp3) is 0.360. The molecular weight excluding hydrogens is 402 g/mol. The largest absolute Gasteiger partial charge is 0.466 e. The number of amides is 1. The fourth-order valence-electron chi connectivity index (χ4n) is 4.19. The van der Waals surface area contributed by atoms with Gasteiger partial charge in [0.1, 0.15) is 11.5 Å². The zero-order valence-electron chi connectivity index (χ0n) is 18.9. The molecule has 1 aliphatic carbocycles. The van der Waals surface area contributed by atoms with E-state index in [4.69, 9.17) is 9.40 Å². The van der Waals surface area contributed by atoms with Gasteiger partial charge in [-0.15, -0.1) is 0 Å². The second-order valence-corrected chi connectivity index (χ2v) is 8.82. The molecule has 0 radical (unpaired) electrons. The highest BCUT2D eigenvalue weighted by atomic mass is 16.3. The molecule has 0 bridgehead atoms. The molecule has 1 amide bonds. The first-order valence-corrected chi connectivity index (χ1v) is 11.1. The lowest BCUT2D eigenvalue weighted by molar-refractivity contribution is 0.0732. The minimum Gasteiger partial charge on any atom is -0.466 e. The Morgan fingerprint density at radius 3 is 2.59 bits per heavy atom. The van der Waals surface area contributed by atoms with Gasteiger partial charge in [0.25, 0.3) is 5.91 Å². The van der Waals surface area contributed by atoms with Gasteiger partial charge in [0.2, 0.25) is 0 Å². The number of pyridine rings is 2. The van der Waals surface area contributed by atoms with Crippen LogP contribution in [0.5, 0.6) is 0 Å². The van der Waals surface area contributed by atoms with Crippen molar-refractivity contribution in [1.29, 1.82) is 0 Å². The van der Waals surface area contributed by atoms with Crippen molar-refractivity contribution < 1.29 is 9.21 Å². The predicted molar refractivity (Wildman–Crippen MR) is 122 cm³/mol. The van der Waals surface area contributed by atoms with Crippen LogP contribution in [0.1, 0.15) is 60.2 Å². The summed E-state index contributed by atoms with van der Waals surface area (Å²) in [7, 11) is 0. The molecule has 0 N–H and O–H groups in total. The van der Waals surface area contributed by atoms with E-state index < -0.39 is 0 Å². The molecule has 0 spiro atoms. The van der Waals surface area contributed by atoms with Crippen molar-refractivity contribution >= 4 is 16.9 Å². The third-order valence-electron chi connectivity index (χ3n) is 5.95. The summed E-state index contributed by atoms with van der Waals surface area (Å²) >= 11 is 0. The molecule has 0 atom stereocenters. The SMILES string of the molecule is Cc1cc(-c2cc(C(=O)N(Cc3ccncc3)C3CC3)c3cnn(C(C)C)c3n2)c(C)o1. The molecule has 7 heteroatoms. The molecule has 1 fully saturated rings. The molecule has 4 aromatic rings. The lowest BCUT2D eigenvalue weighted by atomic mass is 10.1. The standard InChI is InChI=1S/C25H27N5O2/c1-15(2)30-24-22(13-27-30)21(12-23(28-24)20-11-16(3)32-17(20)4)25(31)29(19-5-6-19)14-18-7-9-26-10-8-18/h7-13,15,19H,5-6,14H2,1-4H3.